The molecule has 2 aromatic carbocycles. The topological polar surface area (TPSA) is 48.4 Å². The van der Waals surface area contributed by atoms with Crippen molar-refractivity contribution in [1.82, 2.24) is 9.88 Å². The van der Waals surface area contributed by atoms with Gasteiger partial charge in [0.05, 0.1) is 11.2 Å². The van der Waals surface area contributed by atoms with E-state index in [0.717, 1.165) is 37.6 Å². The van der Waals surface area contributed by atoms with Crippen molar-refractivity contribution in [2.75, 3.05) is 18.4 Å². The lowest BCUT2D eigenvalue weighted by molar-refractivity contribution is -0.140. The number of phenols is 1. The van der Waals surface area contributed by atoms with Crippen LogP contribution in [0.1, 0.15) is 24.1 Å². The summed E-state index contributed by atoms with van der Waals surface area (Å²) in [6.07, 6.45) is -2.25. The minimum Gasteiger partial charge on any atom is -0.508 e. The van der Waals surface area contributed by atoms with Gasteiger partial charge in [0.15, 0.2) is 0 Å². The molecule has 2 heterocycles. The fourth-order valence-corrected chi connectivity index (χ4v) is 3.55. The number of halogens is 3. The smallest absolute Gasteiger partial charge is 0.433 e. The maximum absolute atomic E-state index is 13.3. The van der Waals surface area contributed by atoms with Crippen LogP contribution in [0.4, 0.5) is 24.5 Å². The number of pyridine rings is 1. The molecule has 1 aliphatic heterocycles. The van der Waals surface area contributed by atoms with Gasteiger partial charge in [-0.15, -0.1) is 0 Å². The highest BCUT2D eigenvalue weighted by Gasteiger charge is 2.33. The largest absolute Gasteiger partial charge is 0.508 e. The zero-order valence-electron chi connectivity index (χ0n) is 15.1. The molecule has 0 atom stereocenters. The van der Waals surface area contributed by atoms with Gasteiger partial charge in [0, 0.05) is 23.2 Å². The highest BCUT2D eigenvalue weighted by molar-refractivity contribution is 5.93. The first-order valence-corrected chi connectivity index (χ1v) is 9.18. The van der Waals surface area contributed by atoms with Gasteiger partial charge in [-0.2, -0.15) is 13.2 Å². The molecule has 3 aromatic rings. The molecule has 0 aliphatic carbocycles. The molecule has 1 saturated heterocycles. The van der Waals surface area contributed by atoms with Gasteiger partial charge in [-0.3, -0.25) is 4.90 Å². The van der Waals surface area contributed by atoms with Gasteiger partial charge in [0.25, 0.3) is 0 Å². The number of phenolic OH excluding ortho intramolecular Hbond substituents is 1. The number of aromatic hydroxyl groups is 1. The molecule has 1 aromatic heterocycles. The lowest BCUT2D eigenvalue weighted by Crippen LogP contribution is -2.18. The van der Waals surface area contributed by atoms with Crippen molar-refractivity contribution < 1.29 is 18.3 Å². The summed E-state index contributed by atoms with van der Waals surface area (Å²) in [6, 6.07) is 12.8. The van der Waals surface area contributed by atoms with E-state index in [9.17, 15) is 18.3 Å². The Bertz CT molecular complexity index is 998. The number of hydrogen-bond acceptors (Lipinski definition) is 4. The summed E-state index contributed by atoms with van der Waals surface area (Å²) in [4.78, 5) is 5.99. The average molecular weight is 387 g/mol. The molecule has 1 aliphatic rings. The van der Waals surface area contributed by atoms with E-state index in [-0.39, 0.29) is 11.3 Å². The summed E-state index contributed by atoms with van der Waals surface area (Å²) < 4.78 is 39.8. The number of nitrogens with one attached hydrogen (secondary N) is 1. The zero-order chi connectivity index (χ0) is 19.7. The molecule has 0 unspecified atom stereocenters. The minimum absolute atomic E-state index is 0.188. The second-order valence-corrected chi connectivity index (χ2v) is 7.02. The number of rotatable bonds is 4. The Kier molecular flexibility index (Phi) is 4.85. The standard InChI is InChI=1S/C21H20F3N3O/c22-21(23,24)20-12-18(16-5-1-2-6-17(16)26-20)25-15-7-8-19(28)14(11-15)13-27-9-3-4-10-27/h1-2,5-8,11-12,28H,3-4,9-10,13H2,(H,25,26). The molecule has 28 heavy (non-hydrogen) atoms. The lowest BCUT2D eigenvalue weighted by atomic mass is 10.1. The van der Waals surface area contributed by atoms with Crippen LogP contribution in [0.2, 0.25) is 0 Å². The predicted molar refractivity (Wildman–Crippen MR) is 103 cm³/mol. The Morgan fingerprint density at radius 1 is 1.04 bits per heavy atom. The Morgan fingerprint density at radius 2 is 1.79 bits per heavy atom. The summed E-state index contributed by atoms with van der Waals surface area (Å²) in [5, 5.41) is 13.9. The number of benzene rings is 2. The van der Waals surface area contributed by atoms with E-state index in [4.69, 9.17) is 0 Å². The third-order valence-corrected chi connectivity index (χ3v) is 4.96. The first kappa shape index (κ1) is 18.6. The number of nitrogens with zero attached hydrogens (tertiary/aromatic N) is 2. The van der Waals surface area contributed by atoms with Crippen molar-refractivity contribution in [1.29, 1.82) is 0 Å². The Balaban J connectivity index is 1.69. The van der Waals surface area contributed by atoms with Gasteiger partial charge in [-0.1, -0.05) is 18.2 Å². The molecular formula is C21H20F3N3O. The molecule has 2 N–H and O–H groups in total. The van der Waals surface area contributed by atoms with E-state index in [1.807, 2.05) is 0 Å². The summed E-state index contributed by atoms with van der Waals surface area (Å²) >= 11 is 0. The first-order chi connectivity index (χ1) is 13.4. The maximum atomic E-state index is 13.3. The van der Waals surface area contributed by atoms with Gasteiger partial charge in [0.2, 0.25) is 0 Å². The van der Waals surface area contributed by atoms with Gasteiger partial charge in [0.1, 0.15) is 11.4 Å². The van der Waals surface area contributed by atoms with Crippen molar-refractivity contribution in [3.8, 4) is 5.75 Å². The molecule has 0 radical (unpaired) electrons. The van der Waals surface area contributed by atoms with Crippen LogP contribution in [0.5, 0.6) is 5.75 Å². The highest BCUT2D eigenvalue weighted by Crippen LogP contribution is 2.35. The number of likely N-dealkylation sites (tertiary alicyclic amines) is 1. The third kappa shape index (κ3) is 3.89. The van der Waals surface area contributed by atoms with Crippen LogP contribution < -0.4 is 5.32 Å². The van der Waals surface area contributed by atoms with Gasteiger partial charge in [-0.05, 0) is 56.3 Å². The van der Waals surface area contributed by atoms with E-state index in [1.54, 1.807) is 42.5 Å². The van der Waals surface area contributed by atoms with Crippen LogP contribution in [-0.4, -0.2) is 28.1 Å². The predicted octanol–water partition coefficient (Wildman–Crippen LogP) is 5.30. The number of anilines is 2. The lowest BCUT2D eigenvalue weighted by Gasteiger charge is -2.17. The van der Waals surface area contributed by atoms with E-state index < -0.39 is 11.9 Å². The quantitative estimate of drug-likeness (QED) is 0.597. The Labute approximate surface area is 160 Å². The monoisotopic (exact) mass is 387 g/mol. The van der Waals surface area contributed by atoms with E-state index in [2.05, 4.69) is 15.2 Å². The van der Waals surface area contributed by atoms with Crippen molar-refractivity contribution in [3.05, 3.63) is 59.8 Å². The van der Waals surface area contributed by atoms with Crippen molar-refractivity contribution in [3.63, 3.8) is 0 Å². The van der Waals surface area contributed by atoms with Crippen LogP contribution in [0.3, 0.4) is 0 Å². The number of fused-ring (bicyclic) bond motifs is 1. The molecule has 0 bridgehead atoms. The number of hydrogen-bond donors (Lipinski definition) is 2. The molecule has 146 valence electrons. The highest BCUT2D eigenvalue weighted by atomic mass is 19.4. The first-order valence-electron chi connectivity index (χ1n) is 9.18. The zero-order valence-corrected chi connectivity index (χ0v) is 15.1. The molecule has 7 heteroatoms. The fourth-order valence-electron chi connectivity index (χ4n) is 3.55. The molecule has 0 spiro atoms. The van der Waals surface area contributed by atoms with E-state index >= 15 is 0 Å². The van der Waals surface area contributed by atoms with Crippen LogP contribution >= 0.6 is 0 Å². The van der Waals surface area contributed by atoms with Crippen molar-refractivity contribution in [2.24, 2.45) is 0 Å². The normalized spacial score (nSPS) is 15.2. The van der Waals surface area contributed by atoms with Crippen molar-refractivity contribution >= 4 is 22.3 Å². The number of aromatic nitrogens is 1. The number of para-hydroxylation sites is 1. The molecule has 4 rings (SSSR count). The molecule has 1 fully saturated rings. The summed E-state index contributed by atoms with van der Waals surface area (Å²) in [6.45, 7) is 2.59. The van der Waals surface area contributed by atoms with Crippen LogP contribution in [0.15, 0.2) is 48.5 Å². The molecular weight excluding hydrogens is 367 g/mol. The minimum atomic E-state index is -4.53. The van der Waals surface area contributed by atoms with E-state index in [1.165, 1.54) is 0 Å². The van der Waals surface area contributed by atoms with Crippen molar-refractivity contribution in [2.45, 2.75) is 25.6 Å². The SMILES string of the molecule is Oc1ccc(Nc2cc(C(F)(F)F)nc3ccccc23)cc1CN1CCCC1. The maximum Gasteiger partial charge on any atom is 0.433 e. The van der Waals surface area contributed by atoms with Crippen LogP contribution in [0.25, 0.3) is 10.9 Å². The Morgan fingerprint density at radius 3 is 2.54 bits per heavy atom. The second-order valence-electron chi connectivity index (χ2n) is 7.02. The molecule has 0 amide bonds. The second kappa shape index (κ2) is 7.31. The van der Waals surface area contributed by atoms with Gasteiger partial charge in [-0.25, -0.2) is 4.98 Å². The fraction of sp³-hybridized carbons (Fsp3) is 0.286. The van der Waals surface area contributed by atoms with E-state index in [0.29, 0.717) is 23.3 Å². The summed E-state index contributed by atoms with van der Waals surface area (Å²) in [5.41, 5.74) is 1.04. The van der Waals surface area contributed by atoms with Crippen LogP contribution in [0, 0.1) is 0 Å². The average Bonchev–Trinajstić information content (AvgIpc) is 3.17. The third-order valence-electron chi connectivity index (χ3n) is 4.96. The van der Waals surface area contributed by atoms with Gasteiger partial charge < -0.3 is 10.4 Å². The summed E-state index contributed by atoms with van der Waals surface area (Å²) in [5.74, 6) is 0.188. The molecule has 0 saturated carbocycles. The van der Waals surface area contributed by atoms with Gasteiger partial charge >= 0.3 is 6.18 Å². The summed E-state index contributed by atoms with van der Waals surface area (Å²) in [7, 11) is 0. The number of alkyl halides is 3. The molecule has 4 nitrogen and oxygen atoms in total. The Hall–Kier alpha value is -2.80. The van der Waals surface area contributed by atoms with Crippen LogP contribution in [-0.2, 0) is 12.7 Å².